The Kier molecular flexibility index (Phi) is 4.38. The number of halogens is 2. The van der Waals surface area contributed by atoms with E-state index in [0.717, 1.165) is 26.7 Å². The summed E-state index contributed by atoms with van der Waals surface area (Å²) in [6.07, 6.45) is 0.638. The van der Waals surface area contributed by atoms with Crippen LogP contribution < -0.4 is 5.73 Å². The summed E-state index contributed by atoms with van der Waals surface area (Å²) in [5, 5.41) is 0. The van der Waals surface area contributed by atoms with Gasteiger partial charge in [-0.1, -0.05) is 28.1 Å². The van der Waals surface area contributed by atoms with Crippen LogP contribution >= 0.6 is 15.9 Å². The first-order valence-electron chi connectivity index (χ1n) is 6.23. The van der Waals surface area contributed by atoms with E-state index in [9.17, 15) is 4.39 Å². The molecule has 0 fully saturated rings. The van der Waals surface area contributed by atoms with Crippen molar-refractivity contribution in [2.45, 2.75) is 26.3 Å². The average Bonchev–Trinajstić information content (AvgIpc) is 2.32. The zero-order valence-corrected chi connectivity index (χ0v) is 12.7. The number of nitrogens with two attached hydrogens (primary N) is 1. The van der Waals surface area contributed by atoms with Crippen molar-refractivity contribution in [1.29, 1.82) is 0 Å². The minimum absolute atomic E-state index is 0.128. The van der Waals surface area contributed by atoms with Crippen LogP contribution in [0.3, 0.4) is 0 Å². The molecule has 100 valence electrons. The smallest absolute Gasteiger partial charge is 0.123 e. The Morgan fingerprint density at radius 3 is 2.58 bits per heavy atom. The summed E-state index contributed by atoms with van der Waals surface area (Å²) in [5.41, 5.74) is 10.5. The standard InChI is InChI=1S/C16H17BrFN/c1-10-5-13(7-14(17)6-10)16(19)9-12-8-15(18)4-3-11(12)2/h3-8,16H,9,19H2,1-2H3. The predicted molar refractivity (Wildman–Crippen MR) is 80.6 cm³/mol. The van der Waals surface area contributed by atoms with Crippen molar-refractivity contribution in [3.05, 3.63) is 68.9 Å². The Morgan fingerprint density at radius 2 is 1.89 bits per heavy atom. The molecule has 1 unspecified atom stereocenters. The molecule has 0 amide bonds. The molecule has 3 heteroatoms. The molecule has 2 aromatic rings. The molecule has 2 rings (SSSR count). The molecule has 2 N–H and O–H groups in total. The van der Waals surface area contributed by atoms with Crippen LogP contribution in [0.25, 0.3) is 0 Å². The third-order valence-electron chi connectivity index (χ3n) is 3.24. The number of benzene rings is 2. The van der Waals surface area contributed by atoms with Gasteiger partial charge >= 0.3 is 0 Å². The maximum Gasteiger partial charge on any atom is 0.123 e. The third kappa shape index (κ3) is 3.64. The van der Waals surface area contributed by atoms with Crippen LogP contribution in [0.2, 0.25) is 0 Å². The zero-order valence-electron chi connectivity index (χ0n) is 11.1. The summed E-state index contributed by atoms with van der Waals surface area (Å²) < 4.78 is 14.3. The van der Waals surface area contributed by atoms with E-state index in [1.54, 1.807) is 12.1 Å². The van der Waals surface area contributed by atoms with Crippen LogP contribution in [-0.2, 0) is 6.42 Å². The van der Waals surface area contributed by atoms with Gasteiger partial charge in [0.1, 0.15) is 5.82 Å². The van der Waals surface area contributed by atoms with Crippen molar-refractivity contribution in [2.24, 2.45) is 5.73 Å². The predicted octanol–water partition coefficient (Wildman–Crippen LogP) is 4.45. The van der Waals surface area contributed by atoms with Crippen LogP contribution in [-0.4, -0.2) is 0 Å². The van der Waals surface area contributed by atoms with E-state index in [0.29, 0.717) is 6.42 Å². The molecule has 0 saturated carbocycles. The van der Waals surface area contributed by atoms with Gasteiger partial charge in [0.15, 0.2) is 0 Å². The molecule has 0 bridgehead atoms. The lowest BCUT2D eigenvalue weighted by molar-refractivity contribution is 0.621. The molecule has 0 spiro atoms. The Hall–Kier alpha value is -1.19. The average molecular weight is 322 g/mol. The fraction of sp³-hybridized carbons (Fsp3) is 0.250. The van der Waals surface area contributed by atoms with Gasteiger partial charge in [-0.15, -0.1) is 0 Å². The van der Waals surface area contributed by atoms with Gasteiger partial charge in [0, 0.05) is 10.5 Å². The van der Waals surface area contributed by atoms with Gasteiger partial charge in [0.2, 0.25) is 0 Å². The topological polar surface area (TPSA) is 26.0 Å². The molecule has 0 heterocycles. The summed E-state index contributed by atoms with van der Waals surface area (Å²) >= 11 is 3.48. The lowest BCUT2D eigenvalue weighted by Gasteiger charge is -2.15. The molecule has 1 atom stereocenters. The van der Waals surface area contributed by atoms with E-state index in [2.05, 4.69) is 22.0 Å². The maximum absolute atomic E-state index is 13.3. The van der Waals surface area contributed by atoms with E-state index in [1.165, 1.54) is 6.07 Å². The first-order valence-corrected chi connectivity index (χ1v) is 7.02. The number of hydrogen-bond donors (Lipinski definition) is 1. The molecule has 0 radical (unpaired) electrons. The van der Waals surface area contributed by atoms with Crippen molar-refractivity contribution in [2.75, 3.05) is 0 Å². The highest BCUT2D eigenvalue weighted by Crippen LogP contribution is 2.23. The largest absolute Gasteiger partial charge is 0.324 e. The lowest BCUT2D eigenvalue weighted by atomic mass is 9.96. The third-order valence-corrected chi connectivity index (χ3v) is 3.70. The van der Waals surface area contributed by atoms with Gasteiger partial charge in [0.25, 0.3) is 0 Å². The van der Waals surface area contributed by atoms with Gasteiger partial charge in [0.05, 0.1) is 0 Å². The molecule has 2 aromatic carbocycles. The summed E-state index contributed by atoms with van der Waals surface area (Å²) in [7, 11) is 0. The van der Waals surface area contributed by atoms with E-state index < -0.39 is 0 Å². The zero-order chi connectivity index (χ0) is 14.0. The summed E-state index contributed by atoms with van der Waals surface area (Å²) in [6, 6.07) is 10.9. The van der Waals surface area contributed by atoms with E-state index in [4.69, 9.17) is 5.73 Å². The van der Waals surface area contributed by atoms with Crippen LogP contribution in [0.15, 0.2) is 40.9 Å². The Labute approximate surface area is 121 Å². The van der Waals surface area contributed by atoms with E-state index in [1.807, 2.05) is 26.0 Å². The molecule has 1 nitrogen and oxygen atoms in total. The van der Waals surface area contributed by atoms with Crippen molar-refractivity contribution in [3.63, 3.8) is 0 Å². The van der Waals surface area contributed by atoms with Gasteiger partial charge in [-0.3, -0.25) is 0 Å². The Bertz CT molecular complexity index is 575. The summed E-state index contributed by atoms with van der Waals surface area (Å²) in [5.74, 6) is -0.210. The van der Waals surface area contributed by atoms with Crippen molar-refractivity contribution >= 4 is 15.9 Å². The van der Waals surface area contributed by atoms with Gasteiger partial charge < -0.3 is 5.73 Å². The van der Waals surface area contributed by atoms with Crippen LogP contribution in [0, 0.1) is 19.7 Å². The van der Waals surface area contributed by atoms with Gasteiger partial charge in [-0.05, 0) is 66.8 Å². The number of hydrogen-bond acceptors (Lipinski definition) is 1. The molecular formula is C16H17BrFN. The molecule has 0 aliphatic carbocycles. The monoisotopic (exact) mass is 321 g/mol. The first kappa shape index (κ1) is 14.2. The number of rotatable bonds is 3. The van der Waals surface area contributed by atoms with Crippen LogP contribution in [0.5, 0.6) is 0 Å². The molecule has 0 aliphatic heterocycles. The minimum atomic E-state index is -0.210. The van der Waals surface area contributed by atoms with Crippen molar-refractivity contribution in [1.82, 2.24) is 0 Å². The molecule has 0 aliphatic rings. The van der Waals surface area contributed by atoms with Crippen molar-refractivity contribution < 1.29 is 4.39 Å². The van der Waals surface area contributed by atoms with Gasteiger partial charge in [-0.25, -0.2) is 4.39 Å². The SMILES string of the molecule is Cc1cc(Br)cc(C(N)Cc2cc(F)ccc2C)c1. The normalized spacial score (nSPS) is 12.5. The molecule has 19 heavy (non-hydrogen) atoms. The second kappa shape index (κ2) is 5.85. The van der Waals surface area contributed by atoms with E-state index in [-0.39, 0.29) is 11.9 Å². The fourth-order valence-electron chi connectivity index (χ4n) is 2.19. The van der Waals surface area contributed by atoms with Crippen LogP contribution in [0.4, 0.5) is 4.39 Å². The highest BCUT2D eigenvalue weighted by molar-refractivity contribution is 9.10. The summed E-state index contributed by atoms with van der Waals surface area (Å²) in [4.78, 5) is 0. The molecule has 0 saturated heterocycles. The summed E-state index contributed by atoms with van der Waals surface area (Å²) in [6.45, 7) is 4.02. The quantitative estimate of drug-likeness (QED) is 0.888. The van der Waals surface area contributed by atoms with E-state index >= 15 is 0 Å². The second-order valence-corrected chi connectivity index (χ2v) is 5.86. The fourth-order valence-corrected chi connectivity index (χ4v) is 2.82. The lowest BCUT2D eigenvalue weighted by Crippen LogP contribution is -2.14. The van der Waals surface area contributed by atoms with Crippen molar-refractivity contribution in [3.8, 4) is 0 Å². The Balaban J connectivity index is 2.25. The Morgan fingerprint density at radius 1 is 1.16 bits per heavy atom. The molecule has 0 aromatic heterocycles. The second-order valence-electron chi connectivity index (χ2n) is 4.94. The van der Waals surface area contributed by atoms with Crippen LogP contribution in [0.1, 0.15) is 28.3 Å². The highest BCUT2D eigenvalue weighted by Gasteiger charge is 2.10. The maximum atomic E-state index is 13.3. The first-order chi connectivity index (χ1) is 8.95. The number of aryl methyl sites for hydroxylation is 2. The highest BCUT2D eigenvalue weighted by atomic mass is 79.9. The van der Waals surface area contributed by atoms with Gasteiger partial charge in [-0.2, -0.15) is 0 Å². The minimum Gasteiger partial charge on any atom is -0.324 e. The molecular weight excluding hydrogens is 305 g/mol.